The van der Waals surface area contributed by atoms with Gasteiger partial charge in [0.2, 0.25) is 6.79 Å². The third kappa shape index (κ3) is 4.56. The van der Waals surface area contributed by atoms with Gasteiger partial charge in [-0.15, -0.1) is 0 Å². The summed E-state index contributed by atoms with van der Waals surface area (Å²) in [4.78, 5) is 50.6. The van der Waals surface area contributed by atoms with Crippen LogP contribution in [0.5, 0.6) is 11.5 Å². The second-order valence-electron chi connectivity index (χ2n) is 7.98. The lowest BCUT2D eigenvalue weighted by molar-refractivity contribution is -0.124. The van der Waals surface area contributed by atoms with Crippen LogP contribution in [0, 0.1) is 0 Å². The third-order valence-corrected chi connectivity index (χ3v) is 5.67. The molecule has 2 aliphatic heterocycles. The van der Waals surface area contributed by atoms with Crippen molar-refractivity contribution in [3.05, 3.63) is 94.5 Å². The Balaban J connectivity index is 1.11. The molecule has 0 atom stereocenters. The standard InChI is InChI=1S/C26H20N2O7/c29-23(27-12-17-7-10-21-22(11-17)35-15-34-21)14-33-26(32)18-8-5-16(6-9-18)13-28-24(30)19-3-1-2-4-20(19)25(28)31/h1-11H,12-15H2,(H,27,29). The van der Waals surface area contributed by atoms with Gasteiger partial charge in [-0.1, -0.05) is 30.3 Å². The number of amides is 3. The maximum absolute atomic E-state index is 12.5. The molecule has 0 aliphatic carbocycles. The van der Waals surface area contributed by atoms with Gasteiger partial charge in [-0.25, -0.2) is 4.79 Å². The molecule has 2 heterocycles. The van der Waals surface area contributed by atoms with E-state index in [9.17, 15) is 19.2 Å². The molecule has 1 N–H and O–H groups in total. The van der Waals surface area contributed by atoms with Crippen molar-refractivity contribution in [2.24, 2.45) is 0 Å². The molecule has 0 fully saturated rings. The van der Waals surface area contributed by atoms with E-state index < -0.39 is 18.5 Å². The number of nitrogens with one attached hydrogen (secondary N) is 1. The fraction of sp³-hybridized carbons (Fsp3) is 0.154. The maximum Gasteiger partial charge on any atom is 0.338 e. The number of hydrogen-bond acceptors (Lipinski definition) is 7. The van der Waals surface area contributed by atoms with Crippen molar-refractivity contribution in [2.75, 3.05) is 13.4 Å². The Bertz CT molecular complexity index is 1300. The van der Waals surface area contributed by atoms with E-state index in [1.807, 2.05) is 6.07 Å². The molecule has 5 rings (SSSR count). The molecule has 0 unspecified atom stereocenters. The molecule has 0 spiro atoms. The van der Waals surface area contributed by atoms with Crippen LogP contribution in [0.1, 0.15) is 42.2 Å². The summed E-state index contributed by atoms with van der Waals surface area (Å²) in [5.41, 5.74) is 2.52. The van der Waals surface area contributed by atoms with E-state index in [0.717, 1.165) is 5.56 Å². The molecular weight excluding hydrogens is 452 g/mol. The number of carbonyl (C=O) groups excluding carboxylic acids is 4. The average Bonchev–Trinajstić information content (AvgIpc) is 3.45. The van der Waals surface area contributed by atoms with Crippen molar-refractivity contribution < 1.29 is 33.4 Å². The minimum absolute atomic E-state index is 0.0872. The van der Waals surface area contributed by atoms with Crippen LogP contribution in [0.4, 0.5) is 0 Å². The zero-order valence-electron chi connectivity index (χ0n) is 18.5. The van der Waals surface area contributed by atoms with Gasteiger partial charge in [0.05, 0.1) is 23.2 Å². The van der Waals surface area contributed by atoms with E-state index in [1.165, 1.54) is 17.0 Å². The highest BCUT2D eigenvalue weighted by molar-refractivity contribution is 6.21. The molecule has 0 bridgehead atoms. The zero-order valence-corrected chi connectivity index (χ0v) is 18.5. The molecule has 9 heteroatoms. The Hall–Kier alpha value is -4.66. The number of rotatable bonds is 7. The van der Waals surface area contributed by atoms with Gasteiger partial charge in [-0.2, -0.15) is 0 Å². The molecule has 0 radical (unpaired) electrons. The van der Waals surface area contributed by atoms with E-state index >= 15 is 0 Å². The molecule has 9 nitrogen and oxygen atoms in total. The van der Waals surface area contributed by atoms with Gasteiger partial charge in [-0.3, -0.25) is 19.3 Å². The van der Waals surface area contributed by atoms with E-state index in [1.54, 1.807) is 48.5 Å². The highest BCUT2D eigenvalue weighted by atomic mass is 16.7. The number of carbonyl (C=O) groups is 4. The largest absolute Gasteiger partial charge is 0.454 e. The van der Waals surface area contributed by atoms with E-state index in [4.69, 9.17) is 14.2 Å². The predicted molar refractivity (Wildman–Crippen MR) is 122 cm³/mol. The van der Waals surface area contributed by atoms with Crippen molar-refractivity contribution in [1.29, 1.82) is 0 Å². The second kappa shape index (κ2) is 9.30. The van der Waals surface area contributed by atoms with Gasteiger partial charge in [-0.05, 0) is 47.5 Å². The Morgan fingerprint density at radius 1 is 0.857 bits per heavy atom. The summed E-state index contributed by atoms with van der Waals surface area (Å²) in [7, 11) is 0. The van der Waals surface area contributed by atoms with Gasteiger partial charge in [0.25, 0.3) is 17.7 Å². The second-order valence-corrected chi connectivity index (χ2v) is 7.98. The molecule has 0 aromatic heterocycles. The van der Waals surface area contributed by atoms with E-state index in [0.29, 0.717) is 28.2 Å². The van der Waals surface area contributed by atoms with Crippen LogP contribution in [0.2, 0.25) is 0 Å². The van der Waals surface area contributed by atoms with Crippen LogP contribution in [0.3, 0.4) is 0 Å². The van der Waals surface area contributed by atoms with Gasteiger partial charge < -0.3 is 19.5 Å². The summed E-state index contributed by atoms with van der Waals surface area (Å²) >= 11 is 0. The highest BCUT2D eigenvalue weighted by Gasteiger charge is 2.34. The van der Waals surface area contributed by atoms with E-state index in [-0.39, 0.29) is 37.3 Å². The van der Waals surface area contributed by atoms with Gasteiger partial charge in [0.15, 0.2) is 18.1 Å². The summed E-state index contributed by atoms with van der Waals surface area (Å²) in [6.07, 6.45) is 0. The van der Waals surface area contributed by atoms with Crippen LogP contribution >= 0.6 is 0 Å². The topological polar surface area (TPSA) is 111 Å². The lowest BCUT2D eigenvalue weighted by atomic mass is 10.1. The first-order valence-electron chi connectivity index (χ1n) is 10.9. The molecule has 0 saturated heterocycles. The fourth-order valence-electron chi connectivity index (χ4n) is 3.83. The Morgan fingerprint density at radius 2 is 1.51 bits per heavy atom. The van der Waals surface area contributed by atoms with Crippen LogP contribution in [-0.2, 0) is 22.6 Å². The lowest BCUT2D eigenvalue weighted by Gasteiger charge is -2.14. The van der Waals surface area contributed by atoms with Crippen LogP contribution < -0.4 is 14.8 Å². The minimum Gasteiger partial charge on any atom is -0.454 e. The van der Waals surface area contributed by atoms with Crippen LogP contribution in [0.15, 0.2) is 66.7 Å². The van der Waals surface area contributed by atoms with Crippen molar-refractivity contribution in [2.45, 2.75) is 13.1 Å². The van der Waals surface area contributed by atoms with Gasteiger partial charge in [0, 0.05) is 6.54 Å². The van der Waals surface area contributed by atoms with E-state index in [2.05, 4.69) is 5.32 Å². The summed E-state index contributed by atoms with van der Waals surface area (Å²) < 4.78 is 15.6. The first kappa shape index (κ1) is 22.1. The average molecular weight is 472 g/mol. The monoisotopic (exact) mass is 472 g/mol. The third-order valence-electron chi connectivity index (χ3n) is 5.67. The molecule has 2 aliphatic rings. The fourth-order valence-corrected chi connectivity index (χ4v) is 3.83. The quantitative estimate of drug-likeness (QED) is 0.416. The van der Waals surface area contributed by atoms with Gasteiger partial charge in [0.1, 0.15) is 0 Å². The summed E-state index contributed by atoms with van der Waals surface area (Å²) in [5.74, 6) is -0.520. The lowest BCUT2D eigenvalue weighted by Crippen LogP contribution is -2.29. The molecule has 3 amide bonds. The van der Waals surface area contributed by atoms with Crippen molar-refractivity contribution >= 4 is 23.7 Å². The number of esters is 1. The minimum atomic E-state index is -0.657. The Morgan fingerprint density at radius 3 is 2.23 bits per heavy atom. The first-order chi connectivity index (χ1) is 17.0. The molecule has 0 saturated carbocycles. The van der Waals surface area contributed by atoms with Crippen molar-refractivity contribution in [1.82, 2.24) is 10.2 Å². The van der Waals surface area contributed by atoms with Crippen LogP contribution in [0.25, 0.3) is 0 Å². The zero-order chi connectivity index (χ0) is 24.4. The molecular formula is C26H20N2O7. The number of nitrogens with zero attached hydrogens (tertiary/aromatic N) is 1. The molecule has 176 valence electrons. The summed E-state index contributed by atoms with van der Waals surface area (Å²) in [6.45, 7) is 0.0779. The normalized spacial score (nSPS) is 13.5. The first-order valence-corrected chi connectivity index (χ1v) is 10.9. The molecule has 35 heavy (non-hydrogen) atoms. The predicted octanol–water partition coefficient (Wildman–Crippen LogP) is 2.68. The Labute approximate surface area is 200 Å². The summed E-state index contributed by atoms with van der Waals surface area (Å²) in [5, 5.41) is 2.68. The highest BCUT2D eigenvalue weighted by Crippen LogP contribution is 2.32. The number of imide groups is 1. The van der Waals surface area contributed by atoms with Gasteiger partial charge >= 0.3 is 5.97 Å². The number of benzene rings is 3. The molecule has 3 aromatic rings. The summed E-state index contributed by atoms with van der Waals surface area (Å²) in [6, 6.07) is 18.4. The van der Waals surface area contributed by atoms with Crippen LogP contribution in [-0.4, -0.2) is 42.0 Å². The Kier molecular flexibility index (Phi) is 5.88. The number of ether oxygens (including phenoxy) is 3. The maximum atomic E-state index is 12.5. The van der Waals surface area contributed by atoms with Crippen molar-refractivity contribution in [3.8, 4) is 11.5 Å². The smallest absolute Gasteiger partial charge is 0.338 e. The number of hydrogen-bond donors (Lipinski definition) is 1. The number of fused-ring (bicyclic) bond motifs is 2. The SMILES string of the molecule is O=C(COC(=O)c1ccc(CN2C(=O)c3ccccc3C2=O)cc1)NCc1ccc2c(c1)OCO2. The molecule has 3 aromatic carbocycles. The van der Waals surface area contributed by atoms with Crippen molar-refractivity contribution in [3.63, 3.8) is 0 Å².